The van der Waals surface area contributed by atoms with E-state index in [1.165, 1.54) is 0 Å². The molecular formula is C8H13LiOSi. The minimum absolute atomic E-state index is 0. The third-order valence-corrected chi connectivity index (χ3v) is 3.23. The first-order chi connectivity index (χ1) is 4.61. The van der Waals surface area contributed by atoms with Gasteiger partial charge in [-0.15, -0.1) is 0 Å². The average molecular weight is 160 g/mol. The summed E-state index contributed by atoms with van der Waals surface area (Å²) in [5, 5.41) is 1.09. The Hall–Kier alpha value is -0.00571. The average Bonchev–Trinajstić information content (AvgIpc) is 1.88. The summed E-state index contributed by atoms with van der Waals surface area (Å²) in [7, 11) is -2.03. The van der Waals surface area contributed by atoms with E-state index in [9.17, 15) is 4.80 Å². The van der Waals surface area contributed by atoms with E-state index in [4.69, 9.17) is 0 Å². The molecule has 0 amide bonds. The first kappa shape index (κ1) is 11.0. The SMILES string of the molecule is C[Si](C)(O)c1ccccc1.[LiH]. The third-order valence-electron chi connectivity index (χ3n) is 1.48. The first-order valence-electron chi connectivity index (χ1n) is 3.38. The van der Waals surface area contributed by atoms with Crippen LogP contribution >= 0.6 is 0 Å². The van der Waals surface area contributed by atoms with Crippen molar-refractivity contribution in [3.05, 3.63) is 30.3 Å². The van der Waals surface area contributed by atoms with Crippen LogP contribution in [0.1, 0.15) is 0 Å². The van der Waals surface area contributed by atoms with Gasteiger partial charge in [-0.1, -0.05) is 30.3 Å². The van der Waals surface area contributed by atoms with Crippen molar-refractivity contribution in [3.8, 4) is 0 Å². The van der Waals surface area contributed by atoms with Crippen LogP contribution in [0, 0.1) is 0 Å². The number of rotatable bonds is 1. The van der Waals surface area contributed by atoms with Gasteiger partial charge in [0.2, 0.25) is 8.32 Å². The van der Waals surface area contributed by atoms with Crippen molar-refractivity contribution >= 4 is 32.4 Å². The van der Waals surface area contributed by atoms with Crippen LogP contribution in [0.25, 0.3) is 0 Å². The van der Waals surface area contributed by atoms with E-state index in [1.54, 1.807) is 0 Å². The predicted molar refractivity (Wildman–Crippen MR) is 52.9 cm³/mol. The Balaban J connectivity index is 0.000001000. The molecule has 1 nitrogen and oxygen atoms in total. The van der Waals surface area contributed by atoms with Crippen molar-refractivity contribution in [2.24, 2.45) is 0 Å². The zero-order valence-corrected chi connectivity index (χ0v) is 7.33. The summed E-state index contributed by atoms with van der Waals surface area (Å²) < 4.78 is 0. The molecule has 1 aromatic carbocycles. The second kappa shape index (κ2) is 4.13. The van der Waals surface area contributed by atoms with Gasteiger partial charge in [-0.3, -0.25) is 0 Å². The Morgan fingerprint density at radius 3 is 1.82 bits per heavy atom. The fourth-order valence-electron chi connectivity index (χ4n) is 0.846. The van der Waals surface area contributed by atoms with Gasteiger partial charge in [0.05, 0.1) is 0 Å². The summed E-state index contributed by atoms with van der Waals surface area (Å²) in [6.45, 7) is 3.84. The van der Waals surface area contributed by atoms with Crippen molar-refractivity contribution < 1.29 is 4.80 Å². The van der Waals surface area contributed by atoms with Crippen LogP contribution in [-0.2, 0) is 0 Å². The molecule has 0 aromatic heterocycles. The molecule has 1 aromatic rings. The summed E-state index contributed by atoms with van der Waals surface area (Å²) >= 11 is 0. The topological polar surface area (TPSA) is 20.2 Å². The van der Waals surface area contributed by atoms with Crippen LogP contribution in [0.2, 0.25) is 13.1 Å². The van der Waals surface area contributed by atoms with Gasteiger partial charge >= 0.3 is 18.9 Å². The van der Waals surface area contributed by atoms with Crippen LogP contribution in [-0.4, -0.2) is 32.0 Å². The Morgan fingerprint density at radius 1 is 1.09 bits per heavy atom. The molecule has 11 heavy (non-hydrogen) atoms. The van der Waals surface area contributed by atoms with E-state index in [2.05, 4.69) is 0 Å². The van der Waals surface area contributed by atoms with Gasteiger partial charge in [0.15, 0.2) is 0 Å². The van der Waals surface area contributed by atoms with Gasteiger partial charge in [-0.2, -0.15) is 0 Å². The van der Waals surface area contributed by atoms with E-state index in [0.29, 0.717) is 0 Å². The number of hydrogen-bond donors (Lipinski definition) is 1. The molecular weight excluding hydrogens is 147 g/mol. The maximum absolute atomic E-state index is 9.63. The van der Waals surface area contributed by atoms with Crippen molar-refractivity contribution in [1.82, 2.24) is 0 Å². The first-order valence-corrected chi connectivity index (χ1v) is 6.33. The second-order valence-electron chi connectivity index (χ2n) is 2.93. The molecule has 56 valence electrons. The van der Waals surface area contributed by atoms with Crippen molar-refractivity contribution in [2.75, 3.05) is 0 Å². The maximum atomic E-state index is 9.63. The standard InChI is InChI=1S/C8H12OSi.Li.H/c1-10(2,9)8-6-4-3-5-7-8;;/h3-7,9H,1-2H3;;. The van der Waals surface area contributed by atoms with Crippen LogP contribution in [0.5, 0.6) is 0 Å². The quantitative estimate of drug-likeness (QED) is 0.591. The van der Waals surface area contributed by atoms with Crippen LogP contribution < -0.4 is 5.19 Å². The minimum atomic E-state index is -2.03. The van der Waals surface area contributed by atoms with Crippen molar-refractivity contribution in [2.45, 2.75) is 13.1 Å². The summed E-state index contributed by atoms with van der Waals surface area (Å²) in [5.74, 6) is 0. The summed E-state index contributed by atoms with van der Waals surface area (Å²) in [6, 6.07) is 9.84. The third kappa shape index (κ3) is 3.26. The Labute approximate surface area is 80.8 Å². The Morgan fingerprint density at radius 2 is 1.55 bits per heavy atom. The van der Waals surface area contributed by atoms with E-state index in [-0.39, 0.29) is 18.9 Å². The normalized spacial score (nSPS) is 10.5. The number of benzene rings is 1. The molecule has 0 fully saturated rings. The molecule has 3 heteroatoms. The molecule has 0 aliphatic rings. The molecule has 0 unspecified atom stereocenters. The van der Waals surface area contributed by atoms with E-state index >= 15 is 0 Å². The summed E-state index contributed by atoms with van der Waals surface area (Å²) in [4.78, 5) is 9.63. The summed E-state index contributed by atoms with van der Waals surface area (Å²) in [6.07, 6.45) is 0. The van der Waals surface area contributed by atoms with Gasteiger partial charge in [-0.25, -0.2) is 0 Å². The Kier molecular flexibility index (Phi) is 4.13. The predicted octanol–water partition coefficient (Wildman–Crippen LogP) is 0.442. The van der Waals surface area contributed by atoms with Crippen molar-refractivity contribution in [3.63, 3.8) is 0 Å². The zero-order chi connectivity index (χ0) is 7.61. The molecule has 0 bridgehead atoms. The molecule has 0 spiro atoms. The van der Waals surface area contributed by atoms with Gasteiger partial charge in [0, 0.05) is 0 Å². The van der Waals surface area contributed by atoms with Crippen LogP contribution in [0.4, 0.5) is 0 Å². The van der Waals surface area contributed by atoms with Crippen LogP contribution in [0.15, 0.2) is 30.3 Å². The van der Waals surface area contributed by atoms with Gasteiger partial charge in [0.25, 0.3) is 0 Å². The monoisotopic (exact) mass is 160 g/mol. The number of hydrogen-bond acceptors (Lipinski definition) is 1. The van der Waals surface area contributed by atoms with Gasteiger partial charge < -0.3 is 4.80 Å². The molecule has 0 aliphatic heterocycles. The zero-order valence-electron chi connectivity index (χ0n) is 6.33. The molecule has 0 heterocycles. The van der Waals surface area contributed by atoms with Crippen LogP contribution in [0.3, 0.4) is 0 Å². The molecule has 1 N–H and O–H groups in total. The molecule has 0 saturated heterocycles. The summed E-state index contributed by atoms with van der Waals surface area (Å²) in [5.41, 5.74) is 0. The fourth-order valence-corrected chi connectivity index (χ4v) is 1.85. The molecule has 0 radical (unpaired) electrons. The van der Waals surface area contributed by atoms with Gasteiger partial charge in [0.1, 0.15) is 0 Å². The molecule has 0 saturated carbocycles. The molecule has 0 aliphatic carbocycles. The second-order valence-corrected chi connectivity index (χ2v) is 6.62. The van der Waals surface area contributed by atoms with E-state index in [0.717, 1.165) is 5.19 Å². The van der Waals surface area contributed by atoms with E-state index in [1.807, 2.05) is 43.4 Å². The van der Waals surface area contributed by atoms with Gasteiger partial charge in [-0.05, 0) is 18.3 Å². The molecule has 1 rings (SSSR count). The van der Waals surface area contributed by atoms with Crippen molar-refractivity contribution in [1.29, 1.82) is 0 Å². The Bertz CT molecular complexity index is 205. The van der Waals surface area contributed by atoms with E-state index < -0.39 is 8.32 Å². The molecule has 0 atom stereocenters. The fraction of sp³-hybridized carbons (Fsp3) is 0.250.